The van der Waals surface area contributed by atoms with Crippen molar-refractivity contribution in [3.8, 4) is 5.75 Å². The molecule has 0 saturated heterocycles. The second-order valence-corrected chi connectivity index (χ2v) is 6.60. The van der Waals surface area contributed by atoms with Gasteiger partial charge in [-0.2, -0.15) is 0 Å². The number of carboxylic acid groups (broad SMARTS) is 1. The molecule has 1 aromatic rings. The van der Waals surface area contributed by atoms with Gasteiger partial charge in [0.25, 0.3) is 0 Å². The number of hydrogen-bond donors (Lipinski definition) is 1. The lowest BCUT2D eigenvalue weighted by molar-refractivity contribution is -0.137. The molecule has 1 atom stereocenters. The maximum absolute atomic E-state index is 11.3. The molecule has 0 spiro atoms. The molecular weight excluding hydrogens is 288 g/mol. The number of fused-ring (bicyclic) bond motifs is 1. The van der Waals surface area contributed by atoms with Crippen LogP contribution in [0.5, 0.6) is 5.75 Å². The molecule has 3 rings (SSSR count). The summed E-state index contributed by atoms with van der Waals surface area (Å²) >= 11 is 6.40. The first kappa shape index (κ1) is 14.7. The Balaban J connectivity index is 2.12. The van der Waals surface area contributed by atoms with Crippen LogP contribution in [0.4, 0.5) is 0 Å². The first-order valence-electron chi connectivity index (χ1n) is 7.71. The van der Waals surface area contributed by atoms with Gasteiger partial charge in [0.1, 0.15) is 5.75 Å². The smallest absolute Gasteiger partial charge is 0.303 e. The summed E-state index contributed by atoms with van der Waals surface area (Å²) in [6.45, 7) is 0. The number of aryl methyl sites for hydroxylation is 1. The number of rotatable bonds is 5. The predicted molar refractivity (Wildman–Crippen MR) is 82.4 cm³/mol. The van der Waals surface area contributed by atoms with Crippen LogP contribution in [0.2, 0.25) is 5.02 Å². The monoisotopic (exact) mass is 308 g/mol. The van der Waals surface area contributed by atoms with Crippen molar-refractivity contribution in [2.45, 2.75) is 50.9 Å². The van der Waals surface area contributed by atoms with Crippen LogP contribution in [0, 0.1) is 5.92 Å². The van der Waals surface area contributed by atoms with E-state index >= 15 is 0 Å². The summed E-state index contributed by atoms with van der Waals surface area (Å²) in [4.78, 5) is 11.3. The fourth-order valence-electron chi connectivity index (χ4n) is 3.67. The second kappa shape index (κ2) is 5.88. The van der Waals surface area contributed by atoms with Crippen LogP contribution in [0.25, 0.3) is 0 Å². The first-order chi connectivity index (χ1) is 10.1. The van der Waals surface area contributed by atoms with Gasteiger partial charge in [-0.05, 0) is 61.6 Å². The molecule has 1 unspecified atom stereocenters. The van der Waals surface area contributed by atoms with Crippen molar-refractivity contribution < 1.29 is 14.6 Å². The molecule has 0 aromatic heterocycles. The molecule has 0 aliphatic heterocycles. The lowest BCUT2D eigenvalue weighted by atomic mass is 9.80. The third-order valence-electron chi connectivity index (χ3n) is 4.76. The number of aliphatic carboxylic acids is 1. The van der Waals surface area contributed by atoms with Gasteiger partial charge in [0.05, 0.1) is 18.6 Å². The zero-order chi connectivity index (χ0) is 15.0. The van der Waals surface area contributed by atoms with E-state index in [1.54, 1.807) is 7.11 Å². The average Bonchev–Trinajstić information content (AvgIpc) is 3.28. The number of methoxy groups -OCH3 is 1. The first-order valence-corrected chi connectivity index (χ1v) is 8.09. The molecule has 3 nitrogen and oxygen atoms in total. The summed E-state index contributed by atoms with van der Waals surface area (Å²) in [5.74, 6) is 0.483. The van der Waals surface area contributed by atoms with Crippen molar-refractivity contribution in [1.82, 2.24) is 0 Å². The van der Waals surface area contributed by atoms with Gasteiger partial charge >= 0.3 is 5.97 Å². The highest BCUT2D eigenvalue weighted by Gasteiger charge is 2.38. The molecule has 0 bridgehead atoms. The number of carbonyl (C=O) groups is 1. The van der Waals surface area contributed by atoms with Crippen LogP contribution in [0.3, 0.4) is 0 Å². The third-order valence-corrected chi connectivity index (χ3v) is 5.04. The van der Waals surface area contributed by atoms with E-state index in [4.69, 9.17) is 16.3 Å². The number of halogens is 1. The van der Waals surface area contributed by atoms with E-state index < -0.39 is 5.97 Å². The standard InChI is InChI=1S/C17H21ClO3/c1-21-17-14(18)8-11-4-2-3-5-12(11)16(17)13(9-15(19)20)10-6-7-10/h8,10,13H,2-7,9H2,1H3,(H,19,20). The molecule has 1 N–H and O–H groups in total. The van der Waals surface area contributed by atoms with Crippen LogP contribution in [0.1, 0.15) is 54.7 Å². The van der Waals surface area contributed by atoms with Crippen molar-refractivity contribution in [3.63, 3.8) is 0 Å². The summed E-state index contributed by atoms with van der Waals surface area (Å²) in [5.41, 5.74) is 3.68. The normalized spacial score (nSPS) is 19.0. The largest absolute Gasteiger partial charge is 0.495 e. The van der Waals surface area contributed by atoms with Crippen LogP contribution in [-0.2, 0) is 17.6 Å². The van der Waals surface area contributed by atoms with Gasteiger partial charge < -0.3 is 9.84 Å². The summed E-state index contributed by atoms with van der Waals surface area (Å²) in [5, 5.41) is 9.91. The quantitative estimate of drug-likeness (QED) is 0.887. The Hall–Kier alpha value is -1.22. The Morgan fingerprint density at radius 3 is 2.76 bits per heavy atom. The van der Waals surface area contributed by atoms with Crippen LogP contribution in [0.15, 0.2) is 6.07 Å². The molecule has 2 aliphatic carbocycles. The lowest BCUT2D eigenvalue weighted by Crippen LogP contribution is -2.16. The van der Waals surface area contributed by atoms with Gasteiger partial charge in [-0.1, -0.05) is 11.6 Å². The summed E-state index contributed by atoms with van der Waals surface area (Å²) in [7, 11) is 1.63. The Morgan fingerprint density at radius 1 is 1.43 bits per heavy atom. The lowest BCUT2D eigenvalue weighted by Gasteiger charge is -2.27. The Morgan fingerprint density at radius 2 is 2.14 bits per heavy atom. The van der Waals surface area contributed by atoms with Crippen molar-refractivity contribution >= 4 is 17.6 Å². The molecule has 4 heteroatoms. The van der Waals surface area contributed by atoms with Crippen molar-refractivity contribution in [1.29, 1.82) is 0 Å². The molecule has 1 saturated carbocycles. The minimum atomic E-state index is -0.738. The highest BCUT2D eigenvalue weighted by molar-refractivity contribution is 6.32. The van der Waals surface area contributed by atoms with Gasteiger partial charge in [0.15, 0.2) is 0 Å². The van der Waals surface area contributed by atoms with E-state index in [0.29, 0.717) is 16.7 Å². The SMILES string of the molecule is COc1c(Cl)cc2c(c1C(CC(=O)O)C1CC1)CCCC2. The molecule has 0 radical (unpaired) electrons. The van der Waals surface area contributed by atoms with Gasteiger partial charge in [-0.25, -0.2) is 0 Å². The fourth-order valence-corrected chi connectivity index (χ4v) is 3.98. The number of benzene rings is 1. The highest BCUT2D eigenvalue weighted by atomic mass is 35.5. The molecular formula is C17H21ClO3. The maximum Gasteiger partial charge on any atom is 0.303 e. The molecule has 1 aromatic carbocycles. The minimum absolute atomic E-state index is 0.0444. The summed E-state index contributed by atoms with van der Waals surface area (Å²) in [6, 6.07) is 2.02. The number of ether oxygens (including phenoxy) is 1. The Labute approximate surface area is 130 Å². The van der Waals surface area contributed by atoms with Crippen molar-refractivity contribution in [3.05, 3.63) is 27.8 Å². The molecule has 0 heterocycles. The average molecular weight is 309 g/mol. The van der Waals surface area contributed by atoms with E-state index in [2.05, 4.69) is 0 Å². The van der Waals surface area contributed by atoms with Crippen LogP contribution >= 0.6 is 11.6 Å². The van der Waals surface area contributed by atoms with Crippen LogP contribution < -0.4 is 4.74 Å². The van der Waals surface area contributed by atoms with E-state index in [-0.39, 0.29) is 12.3 Å². The van der Waals surface area contributed by atoms with E-state index in [1.807, 2.05) is 6.07 Å². The predicted octanol–water partition coefficient (Wildman–Crippen LogP) is 4.20. The topological polar surface area (TPSA) is 46.5 Å². The highest BCUT2D eigenvalue weighted by Crippen LogP contribution is 2.51. The second-order valence-electron chi connectivity index (χ2n) is 6.19. The van der Waals surface area contributed by atoms with Gasteiger partial charge in [0.2, 0.25) is 0 Å². The molecule has 21 heavy (non-hydrogen) atoms. The minimum Gasteiger partial charge on any atom is -0.495 e. The fraction of sp³-hybridized carbons (Fsp3) is 0.588. The van der Waals surface area contributed by atoms with Crippen molar-refractivity contribution in [2.75, 3.05) is 7.11 Å². The molecule has 2 aliphatic rings. The number of carboxylic acids is 1. The molecule has 1 fully saturated rings. The summed E-state index contributed by atoms with van der Waals surface area (Å²) < 4.78 is 5.56. The third kappa shape index (κ3) is 2.89. The molecule has 0 amide bonds. The van der Waals surface area contributed by atoms with Gasteiger partial charge in [0, 0.05) is 11.5 Å². The number of hydrogen-bond acceptors (Lipinski definition) is 2. The summed E-state index contributed by atoms with van der Waals surface area (Å²) in [6.07, 6.45) is 6.80. The van der Waals surface area contributed by atoms with E-state index in [0.717, 1.165) is 37.7 Å². The van der Waals surface area contributed by atoms with E-state index in [9.17, 15) is 9.90 Å². The Kier molecular flexibility index (Phi) is 4.12. The maximum atomic E-state index is 11.3. The molecule has 114 valence electrons. The van der Waals surface area contributed by atoms with E-state index in [1.165, 1.54) is 17.5 Å². The zero-order valence-corrected chi connectivity index (χ0v) is 13.1. The zero-order valence-electron chi connectivity index (χ0n) is 12.3. The Bertz CT molecular complexity index is 564. The van der Waals surface area contributed by atoms with Crippen LogP contribution in [-0.4, -0.2) is 18.2 Å². The van der Waals surface area contributed by atoms with Gasteiger partial charge in [-0.15, -0.1) is 0 Å². The van der Waals surface area contributed by atoms with Gasteiger partial charge in [-0.3, -0.25) is 4.79 Å². The van der Waals surface area contributed by atoms with Crippen molar-refractivity contribution in [2.24, 2.45) is 5.92 Å².